The van der Waals surface area contributed by atoms with Crippen LogP contribution in [0.15, 0.2) is 18.2 Å². The highest BCUT2D eigenvalue weighted by Gasteiger charge is 2.24. The fraction of sp³-hybridized carbons (Fsp3) is 0.611. The van der Waals surface area contributed by atoms with E-state index in [1.165, 1.54) is 0 Å². The Morgan fingerprint density at radius 1 is 1.29 bits per heavy atom. The lowest BCUT2D eigenvalue weighted by Gasteiger charge is -2.25. The smallest absolute Gasteiger partial charge is 0.225 e. The second-order valence-electron chi connectivity index (χ2n) is 5.93. The summed E-state index contributed by atoms with van der Waals surface area (Å²) in [5, 5.41) is 6.06. The van der Waals surface area contributed by atoms with Gasteiger partial charge in [0, 0.05) is 26.2 Å². The van der Waals surface area contributed by atoms with Gasteiger partial charge in [-0.05, 0) is 30.8 Å². The van der Waals surface area contributed by atoms with Crippen molar-refractivity contribution in [1.29, 1.82) is 0 Å². The van der Waals surface area contributed by atoms with Crippen LogP contribution >= 0.6 is 0 Å². The summed E-state index contributed by atoms with van der Waals surface area (Å²) < 4.78 is 11.3. The number of nitrogens with zero attached hydrogens (tertiary/aromatic N) is 1. The molecule has 0 unspecified atom stereocenters. The van der Waals surface area contributed by atoms with Crippen molar-refractivity contribution < 1.29 is 14.3 Å². The van der Waals surface area contributed by atoms with Gasteiger partial charge >= 0.3 is 0 Å². The van der Waals surface area contributed by atoms with Crippen LogP contribution < -0.4 is 20.1 Å². The number of amides is 1. The first-order valence-electron chi connectivity index (χ1n) is 8.68. The summed E-state index contributed by atoms with van der Waals surface area (Å²) in [6.07, 6.45) is 0. The molecule has 1 aromatic carbocycles. The number of hydrogen-bond acceptors (Lipinski definition) is 5. The molecule has 134 valence electrons. The summed E-state index contributed by atoms with van der Waals surface area (Å²) in [7, 11) is 1.63. The average molecular weight is 335 g/mol. The van der Waals surface area contributed by atoms with Crippen LogP contribution in [0.3, 0.4) is 0 Å². The van der Waals surface area contributed by atoms with Gasteiger partial charge in [0.15, 0.2) is 11.5 Å². The maximum atomic E-state index is 11.9. The fourth-order valence-corrected chi connectivity index (χ4v) is 2.57. The number of likely N-dealkylation sites (N-methyl/N-ethyl adjacent to an activating group) is 1. The Hall–Kier alpha value is -1.79. The van der Waals surface area contributed by atoms with Crippen molar-refractivity contribution in [1.82, 2.24) is 15.5 Å². The summed E-state index contributed by atoms with van der Waals surface area (Å²) in [6.45, 7) is 9.90. The van der Waals surface area contributed by atoms with E-state index in [2.05, 4.69) is 29.4 Å². The van der Waals surface area contributed by atoms with E-state index in [-0.39, 0.29) is 11.8 Å². The van der Waals surface area contributed by atoms with Gasteiger partial charge < -0.3 is 25.0 Å². The molecule has 6 nitrogen and oxygen atoms in total. The minimum absolute atomic E-state index is 0.104. The van der Waals surface area contributed by atoms with E-state index >= 15 is 0 Å². The number of carbonyl (C=O) groups excluding carboxylic acids is 1. The first-order chi connectivity index (χ1) is 11.7. The summed E-state index contributed by atoms with van der Waals surface area (Å²) >= 11 is 0. The third-order valence-electron chi connectivity index (χ3n) is 4.41. The van der Waals surface area contributed by atoms with Crippen LogP contribution in [0.25, 0.3) is 0 Å². The lowest BCUT2D eigenvalue weighted by molar-refractivity contribution is -0.126. The van der Waals surface area contributed by atoms with E-state index < -0.39 is 0 Å². The van der Waals surface area contributed by atoms with E-state index in [9.17, 15) is 4.79 Å². The van der Waals surface area contributed by atoms with Gasteiger partial charge in [-0.1, -0.05) is 19.9 Å². The molecule has 1 saturated heterocycles. The Balaban J connectivity index is 1.85. The van der Waals surface area contributed by atoms with Gasteiger partial charge in [-0.15, -0.1) is 0 Å². The first-order valence-corrected chi connectivity index (χ1v) is 8.68. The number of benzene rings is 1. The number of rotatable bonds is 10. The van der Waals surface area contributed by atoms with E-state index in [0.29, 0.717) is 18.9 Å². The minimum atomic E-state index is 0.104. The first kappa shape index (κ1) is 18.5. The predicted octanol–water partition coefficient (Wildman–Crippen LogP) is 1.25. The van der Waals surface area contributed by atoms with E-state index in [1.54, 1.807) is 7.11 Å². The van der Waals surface area contributed by atoms with Crippen molar-refractivity contribution in [3.63, 3.8) is 0 Å². The van der Waals surface area contributed by atoms with Crippen molar-refractivity contribution >= 4 is 5.91 Å². The molecule has 0 aliphatic carbocycles. The summed E-state index contributed by atoms with van der Waals surface area (Å²) in [6, 6.07) is 5.80. The molecule has 0 bridgehead atoms. The molecule has 2 rings (SSSR count). The molecular weight excluding hydrogens is 306 g/mol. The normalized spacial score (nSPS) is 14.3. The van der Waals surface area contributed by atoms with Crippen molar-refractivity contribution in [2.75, 3.05) is 46.4 Å². The Labute approximate surface area is 144 Å². The van der Waals surface area contributed by atoms with Crippen LogP contribution in [0.5, 0.6) is 11.5 Å². The average Bonchev–Trinajstić information content (AvgIpc) is 2.56. The van der Waals surface area contributed by atoms with E-state index in [0.717, 1.165) is 44.0 Å². The molecule has 1 amide bonds. The van der Waals surface area contributed by atoms with Crippen LogP contribution in [0, 0.1) is 5.92 Å². The van der Waals surface area contributed by atoms with Crippen LogP contribution in [0.4, 0.5) is 0 Å². The number of methoxy groups -OCH3 is 1. The van der Waals surface area contributed by atoms with Gasteiger partial charge in [-0.2, -0.15) is 0 Å². The van der Waals surface area contributed by atoms with Crippen LogP contribution in [0.1, 0.15) is 19.4 Å². The molecular formula is C18H29N3O3. The SMILES string of the molecule is CCN(CC)CCOc1ccc(CNC(=O)C2CNC2)cc1OC. The molecule has 0 atom stereocenters. The highest BCUT2D eigenvalue weighted by molar-refractivity contribution is 5.80. The maximum absolute atomic E-state index is 11.9. The summed E-state index contributed by atoms with van der Waals surface area (Å²) in [4.78, 5) is 14.2. The Morgan fingerprint density at radius 3 is 2.62 bits per heavy atom. The van der Waals surface area contributed by atoms with Gasteiger partial charge in [0.1, 0.15) is 6.61 Å². The molecule has 0 saturated carbocycles. The van der Waals surface area contributed by atoms with Crippen molar-refractivity contribution in [2.24, 2.45) is 5.92 Å². The quantitative estimate of drug-likeness (QED) is 0.674. The predicted molar refractivity (Wildman–Crippen MR) is 94.5 cm³/mol. The van der Waals surface area contributed by atoms with Gasteiger partial charge in [0.25, 0.3) is 0 Å². The molecule has 0 aromatic heterocycles. The fourth-order valence-electron chi connectivity index (χ4n) is 2.57. The van der Waals surface area contributed by atoms with Crippen LogP contribution in [-0.2, 0) is 11.3 Å². The number of ether oxygens (including phenoxy) is 2. The van der Waals surface area contributed by atoms with Crippen LogP contribution in [0.2, 0.25) is 0 Å². The van der Waals surface area contributed by atoms with E-state index in [4.69, 9.17) is 9.47 Å². The molecule has 1 heterocycles. The van der Waals surface area contributed by atoms with Gasteiger partial charge in [-0.3, -0.25) is 4.79 Å². The van der Waals surface area contributed by atoms with Gasteiger partial charge in [0.2, 0.25) is 5.91 Å². The lowest BCUT2D eigenvalue weighted by atomic mass is 10.0. The number of nitrogens with one attached hydrogen (secondary N) is 2. The summed E-state index contributed by atoms with van der Waals surface area (Å²) in [5.41, 5.74) is 1.00. The van der Waals surface area contributed by atoms with Gasteiger partial charge in [-0.25, -0.2) is 0 Å². The largest absolute Gasteiger partial charge is 0.493 e. The zero-order valence-electron chi connectivity index (χ0n) is 14.9. The molecule has 0 spiro atoms. The molecule has 2 N–H and O–H groups in total. The van der Waals surface area contributed by atoms with Crippen LogP contribution in [-0.4, -0.2) is 57.2 Å². The van der Waals surface area contributed by atoms with Crippen molar-refractivity contribution in [3.8, 4) is 11.5 Å². The molecule has 1 fully saturated rings. The highest BCUT2D eigenvalue weighted by Crippen LogP contribution is 2.28. The zero-order chi connectivity index (χ0) is 17.4. The zero-order valence-corrected chi connectivity index (χ0v) is 14.9. The number of carbonyl (C=O) groups is 1. The molecule has 1 aromatic rings. The highest BCUT2D eigenvalue weighted by atomic mass is 16.5. The molecule has 1 aliphatic heterocycles. The number of hydrogen-bond donors (Lipinski definition) is 2. The van der Waals surface area contributed by atoms with Gasteiger partial charge in [0.05, 0.1) is 13.0 Å². The Bertz CT molecular complexity index is 528. The maximum Gasteiger partial charge on any atom is 0.225 e. The topological polar surface area (TPSA) is 62.8 Å². The minimum Gasteiger partial charge on any atom is -0.493 e. The van der Waals surface area contributed by atoms with E-state index in [1.807, 2.05) is 18.2 Å². The second-order valence-corrected chi connectivity index (χ2v) is 5.93. The Morgan fingerprint density at radius 2 is 2.04 bits per heavy atom. The summed E-state index contributed by atoms with van der Waals surface area (Å²) in [5.74, 6) is 1.65. The monoisotopic (exact) mass is 335 g/mol. The Kier molecular flexibility index (Phi) is 7.34. The van der Waals surface area contributed by atoms with Crippen molar-refractivity contribution in [3.05, 3.63) is 23.8 Å². The third-order valence-corrected chi connectivity index (χ3v) is 4.41. The standard InChI is InChI=1S/C18H29N3O3/c1-4-21(5-2)8-9-24-16-7-6-14(10-17(16)23-3)11-20-18(22)15-12-19-13-15/h6-7,10,15,19H,4-5,8-9,11-13H2,1-3H3,(H,20,22). The molecule has 1 aliphatic rings. The molecule has 6 heteroatoms. The lowest BCUT2D eigenvalue weighted by Crippen LogP contribution is -2.50. The molecule has 24 heavy (non-hydrogen) atoms. The van der Waals surface area contributed by atoms with Crippen molar-refractivity contribution in [2.45, 2.75) is 20.4 Å². The third kappa shape index (κ3) is 5.11. The second kappa shape index (κ2) is 9.49. The molecule has 0 radical (unpaired) electrons.